The van der Waals surface area contributed by atoms with Crippen LogP contribution in [0, 0.1) is 0 Å². The fourth-order valence-corrected chi connectivity index (χ4v) is 2.79. The number of aromatic nitrogens is 2. The van der Waals surface area contributed by atoms with Gasteiger partial charge in [-0.1, -0.05) is 23.4 Å². The summed E-state index contributed by atoms with van der Waals surface area (Å²) in [5, 5.41) is 8.65. The van der Waals surface area contributed by atoms with Crippen LogP contribution in [0.1, 0.15) is 17.9 Å². The van der Waals surface area contributed by atoms with E-state index in [4.69, 9.17) is 9.26 Å². The van der Waals surface area contributed by atoms with Crippen LogP contribution < -0.4 is 10.1 Å². The van der Waals surface area contributed by atoms with Crippen LogP contribution in [0.15, 0.2) is 46.3 Å². The molecule has 0 fully saturated rings. The third kappa shape index (κ3) is 4.20. The summed E-state index contributed by atoms with van der Waals surface area (Å²) < 4.78 is 10.3. The highest BCUT2D eigenvalue weighted by Gasteiger charge is 2.10. The number of hydrogen-bond acceptors (Lipinski definition) is 6. The third-order valence-electron chi connectivity index (χ3n) is 3.45. The molecular formula is C17H17N3O3S. The van der Waals surface area contributed by atoms with Crippen molar-refractivity contribution in [3.8, 4) is 16.5 Å². The van der Waals surface area contributed by atoms with E-state index >= 15 is 0 Å². The molecule has 7 heteroatoms. The summed E-state index contributed by atoms with van der Waals surface area (Å²) in [6, 6.07) is 11.5. The molecule has 2 heterocycles. The van der Waals surface area contributed by atoms with Gasteiger partial charge in [0, 0.05) is 6.42 Å². The van der Waals surface area contributed by atoms with Gasteiger partial charge in [0.1, 0.15) is 5.75 Å². The summed E-state index contributed by atoms with van der Waals surface area (Å²) >= 11 is 1.54. The molecule has 6 nitrogen and oxygen atoms in total. The van der Waals surface area contributed by atoms with E-state index in [2.05, 4.69) is 15.5 Å². The van der Waals surface area contributed by atoms with Gasteiger partial charge in [0.05, 0.1) is 18.5 Å². The van der Waals surface area contributed by atoms with Crippen molar-refractivity contribution in [2.24, 2.45) is 0 Å². The van der Waals surface area contributed by atoms with Crippen molar-refractivity contribution >= 4 is 17.2 Å². The van der Waals surface area contributed by atoms with Gasteiger partial charge in [0.15, 0.2) is 0 Å². The highest BCUT2D eigenvalue weighted by atomic mass is 32.1. The van der Waals surface area contributed by atoms with E-state index in [1.54, 1.807) is 18.4 Å². The molecule has 3 rings (SSSR count). The average molecular weight is 343 g/mol. The number of hydrogen-bond donors (Lipinski definition) is 1. The quantitative estimate of drug-likeness (QED) is 0.713. The standard InChI is InChI=1S/C17H17N3O3S/c1-22-13-7-4-12(5-8-13)6-9-15(21)18-11-16-19-17(20-23-16)14-3-2-10-24-14/h2-5,7-8,10H,6,9,11H2,1H3,(H,18,21). The molecule has 0 spiro atoms. The number of amides is 1. The van der Waals surface area contributed by atoms with E-state index in [9.17, 15) is 4.79 Å². The molecule has 0 aliphatic carbocycles. The van der Waals surface area contributed by atoms with Gasteiger partial charge >= 0.3 is 0 Å². The normalized spacial score (nSPS) is 10.5. The predicted molar refractivity (Wildman–Crippen MR) is 90.8 cm³/mol. The zero-order chi connectivity index (χ0) is 16.8. The molecule has 1 amide bonds. The summed E-state index contributed by atoms with van der Waals surface area (Å²) in [4.78, 5) is 17.1. The Bertz CT molecular complexity index is 782. The minimum absolute atomic E-state index is 0.0540. The van der Waals surface area contributed by atoms with E-state index in [1.807, 2.05) is 41.8 Å². The molecule has 0 aliphatic heterocycles. The van der Waals surface area contributed by atoms with Crippen molar-refractivity contribution in [1.82, 2.24) is 15.5 Å². The Hall–Kier alpha value is -2.67. The predicted octanol–water partition coefficient (Wildman–Crippen LogP) is 3.06. The van der Waals surface area contributed by atoms with E-state index in [1.165, 1.54) is 0 Å². The second-order valence-corrected chi connectivity index (χ2v) is 6.06. The van der Waals surface area contributed by atoms with E-state index < -0.39 is 0 Å². The minimum Gasteiger partial charge on any atom is -0.497 e. The Morgan fingerprint density at radius 2 is 2.12 bits per heavy atom. The molecule has 0 saturated carbocycles. The number of ether oxygens (including phenoxy) is 1. The number of benzene rings is 1. The van der Waals surface area contributed by atoms with Gasteiger partial charge in [-0.3, -0.25) is 4.79 Å². The maximum absolute atomic E-state index is 11.9. The molecule has 0 aliphatic rings. The van der Waals surface area contributed by atoms with E-state index in [-0.39, 0.29) is 12.5 Å². The third-order valence-corrected chi connectivity index (χ3v) is 4.31. The average Bonchev–Trinajstić information content (AvgIpc) is 3.29. The zero-order valence-corrected chi connectivity index (χ0v) is 14.0. The van der Waals surface area contributed by atoms with Crippen molar-refractivity contribution in [2.45, 2.75) is 19.4 Å². The zero-order valence-electron chi connectivity index (χ0n) is 13.2. The Balaban J connectivity index is 1.45. The lowest BCUT2D eigenvalue weighted by Gasteiger charge is -2.04. The van der Waals surface area contributed by atoms with Crippen molar-refractivity contribution < 1.29 is 14.1 Å². The first-order valence-electron chi connectivity index (χ1n) is 7.50. The molecule has 3 aromatic rings. The van der Waals surface area contributed by atoms with Crippen molar-refractivity contribution in [2.75, 3.05) is 7.11 Å². The van der Waals surface area contributed by atoms with Gasteiger partial charge < -0.3 is 14.6 Å². The Labute approximate surface area is 143 Å². The van der Waals surface area contributed by atoms with Crippen molar-refractivity contribution in [3.05, 3.63) is 53.2 Å². The maximum Gasteiger partial charge on any atom is 0.246 e. The molecular weight excluding hydrogens is 326 g/mol. The second-order valence-electron chi connectivity index (χ2n) is 5.11. The fraction of sp³-hybridized carbons (Fsp3) is 0.235. The van der Waals surface area contributed by atoms with Crippen LogP contribution in [-0.2, 0) is 17.8 Å². The molecule has 1 N–H and O–H groups in total. The number of carbonyl (C=O) groups is 1. The van der Waals surface area contributed by atoms with Gasteiger partial charge in [-0.2, -0.15) is 4.98 Å². The van der Waals surface area contributed by atoms with Crippen LogP contribution in [-0.4, -0.2) is 23.2 Å². The Morgan fingerprint density at radius 1 is 1.29 bits per heavy atom. The SMILES string of the molecule is COc1ccc(CCC(=O)NCc2nc(-c3cccs3)no2)cc1. The molecule has 0 atom stereocenters. The lowest BCUT2D eigenvalue weighted by molar-refractivity contribution is -0.121. The summed E-state index contributed by atoms with van der Waals surface area (Å²) in [5.41, 5.74) is 1.09. The molecule has 124 valence electrons. The number of nitrogens with zero attached hydrogens (tertiary/aromatic N) is 2. The first kappa shape index (κ1) is 16.2. The van der Waals surface area contributed by atoms with Crippen LogP contribution in [0.2, 0.25) is 0 Å². The van der Waals surface area contributed by atoms with Gasteiger partial charge in [-0.25, -0.2) is 0 Å². The number of thiophene rings is 1. The smallest absolute Gasteiger partial charge is 0.246 e. The minimum atomic E-state index is -0.0540. The van der Waals surface area contributed by atoms with Crippen LogP contribution >= 0.6 is 11.3 Å². The lowest BCUT2D eigenvalue weighted by atomic mass is 10.1. The van der Waals surface area contributed by atoms with E-state index in [0.29, 0.717) is 24.6 Å². The van der Waals surface area contributed by atoms with Crippen LogP contribution in [0.5, 0.6) is 5.75 Å². The molecule has 0 unspecified atom stereocenters. The first-order valence-corrected chi connectivity index (χ1v) is 8.38. The summed E-state index contributed by atoms with van der Waals surface area (Å²) in [6.07, 6.45) is 1.07. The first-order chi connectivity index (χ1) is 11.7. The highest BCUT2D eigenvalue weighted by Crippen LogP contribution is 2.21. The molecule has 24 heavy (non-hydrogen) atoms. The fourth-order valence-electron chi connectivity index (χ4n) is 2.15. The monoisotopic (exact) mass is 343 g/mol. The molecule has 2 aromatic heterocycles. The van der Waals surface area contributed by atoms with Crippen LogP contribution in [0.25, 0.3) is 10.7 Å². The summed E-state index contributed by atoms with van der Waals surface area (Å²) in [5.74, 6) is 1.70. The van der Waals surface area contributed by atoms with Gasteiger partial charge in [-0.15, -0.1) is 11.3 Å². The molecule has 1 aromatic carbocycles. The highest BCUT2D eigenvalue weighted by molar-refractivity contribution is 7.13. The summed E-state index contributed by atoms with van der Waals surface area (Å²) in [7, 11) is 1.63. The number of rotatable bonds is 7. The summed E-state index contributed by atoms with van der Waals surface area (Å²) in [6.45, 7) is 0.236. The maximum atomic E-state index is 11.9. The van der Waals surface area contributed by atoms with Gasteiger partial charge in [-0.05, 0) is 35.6 Å². The topological polar surface area (TPSA) is 77.2 Å². The lowest BCUT2D eigenvalue weighted by Crippen LogP contribution is -2.23. The van der Waals surface area contributed by atoms with Crippen LogP contribution in [0.4, 0.5) is 0 Å². The van der Waals surface area contributed by atoms with Crippen molar-refractivity contribution in [3.63, 3.8) is 0 Å². The molecule has 0 radical (unpaired) electrons. The number of aryl methyl sites for hydroxylation is 1. The van der Waals surface area contributed by atoms with Crippen molar-refractivity contribution in [1.29, 1.82) is 0 Å². The molecule has 0 bridgehead atoms. The molecule has 0 saturated heterocycles. The Morgan fingerprint density at radius 3 is 2.83 bits per heavy atom. The number of nitrogens with one attached hydrogen (secondary N) is 1. The van der Waals surface area contributed by atoms with Gasteiger partial charge in [0.25, 0.3) is 0 Å². The largest absolute Gasteiger partial charge is 0.497 e. The second kappa shape index (κ2) is 7.74. The number of methoxy groups -OCH3 is 1. The Kier molecular flexibility index (Phi) is 5.22. The number of carbonyl (C=O) groups excluding carboxylic acids is 1. The van der Waals surface area contributed by atoms with E-state index in [0.717, 1.165) is 16.2 Å². The van der Waals surface area contributed by atoms with Crippen LogP contribution in [0.3, 0.4) is 0 Å². The van der Waals surface area contributed by atoms with Gasteiger partial charge in [0.2, 0.25) is 17.6 Å².